The largest absolute Gasteiger partial charge is 0.507 e. The van der Waals surface area contributed by atoms with E-state index >= 15 is 0 Å². The van der Waals surface area contributed by atoms with Gasteiger partial charge in [-0.2, -0.15) is 0 Å². The van der Waals surface area contributed by atoms with Crippen molar-refractivity contribution < 1.29 is 14.6 Å². The summed E-state index contributed by atoms with van der Waals surface area (Å²) in [6.45, 7) is 4.41. The van der Waals surface area contributed by atoms with Crippen LogP contribution in [0.25, 0.3) is 0 Å². The Labute approximate surface area is 141 Å². The molecule has 0 saturated carbocycles. The number of nitrogens with zero attached hydrogens (tertiary/aromatic N) is 1. The summed E-state index contributed by atoms with van der Waals surface area (Å²) in [7, 11) is 1.51. The van der Waals surface area contributed by atoms with Crippen LogP contribution < -0.4 is 15.0 Å². The van der Waals surface area contributed by atoms with Gasteiger partial charge in [0.05, 0.1) is 12.7 Å². The SMILES string of the molecule is COc1ccc(C(=O)Nc2ccc(N3CCC(C)C3)cc2)c(O)c1. The highest BCUT2D eigenvalue weighted by molar-refractivity contribution is 6.06. The molecule has 3 rings (SSSR count). The topological polar surface area (TPSA) is 61.8 Å². The van der Waals surface area contributed by atoms with E-state index in [-0.39, 0.29) is 17.2 Å². The van der Waals surface area contributed by atoms with Crippen molar-refractivity contribution in [3.05, 3.63) is 48.0 Å². The van der Waals surface area contributed by atoms with E-state index in [2.05, 4.69) is 17.1 Å². The second-order valence-corrected chi connectivity index (χ2v) is 6.22. The summed E-state index contributed by atoms with van der Waals surface area (Å²) in [6, 6.07) is 12.4. The van der Waals surface area contributed by atoms with Crippen LogP contribution in [0.1, 0.15) is 23.7 Å². The van der Waals surface area contributed by atoms with Gasteiger partial charge in [0, 0.05) is 30.5 Å². The van der Waals surface area contributed by atoms with E-state index in [9.17, 15) is 9.90 Å². The Morgan fingerprint density at radius 3 is 2.58 bits per heavy atom. The van der Waals surface area contributed by atoms with E-state index in [0.29, 0.717) is 11.4 Å². The molecule has 2 N–H and O–H groups in total. The lowest BCUT2D eigenvalue weighted by Crippen LogP contribution is -2.19. The van der Waals surface area contributed by atoms with Crippen LogP contribution in [0.2, 0.25) is 0 Å². The molecule has 0 radical (unpaired) electrons. The van der Waals surface area contributed by atoms with E-state index in [1.54, 1.807) is 12.1 Å². The molecule has 0 spiro atoms. The third-order valence-electron chi connectivity index (χ3n) is 4.36. The standard InChI is InChI=1S/C19H22N2O3/c1-13-9-10-21(12-13)15-5-3-14(4-6-15)20-19(23)17-8-7-16(24-2)11-18(17)22/h3-8,11,13,22H,9-10,12H2,1-2H3,(H,20,23). The molecule has 1 amide bonds. The number of phenols is 1. The van der Waals surface area contributed by atoms with E-state index in [4.69, 9.17) is 4.74 Å². The van der Waals surface area contributed by atoms with E-state index < -0.39 is 0 Å². The third-order valence-corrected chi connectivity index (χ3v) is 4.36. The Morgan fingerprint density at radius 1 is 1.25 bits per heavy atom. The molecule has 1 fully saturated rings. The van der Waals surface area contributed by atoms with Gasteiger partial charge in [0.25, 0.3) is 5.91 Å². The first-order valence-corrected chi connectivity index (χ1v) is 8.10. The Hall–Kier alpha value is -2.69. The fraction of sp³-hybridized carbons (Fsp3) is 0.316. The summed E-state index contributed by atoms with van der Waals surface area (Å²) in [5.41, 5.74) is 2.09. The van der Waals surface area contributed by atoms with Crippen LogP contribution in [0, 0.1) is 5.92 Å². The van der Waals surface area contributed by atoms with E-state index in [1.807, 2.05) is 24.3 Å². The fourth-order valence-electron chi connectivity index (χ4n) is 2.95. The molecule has 24 heavy (non-hydrogen) atoms. The van der Waals surface area contributed by atoms with Gasteiger partial charge in [0.15, 0.2) is 0 Å². The molecule has 0 aromatic heterocycles. The summed E-state index contributed by atoms with van der Waals surface area (Å²) >= 11 is 0. The zero-order valence-electron chi connectivity index (χ0n) is 14.0. The summed E-state index contributed by atoms with van der Waals surface area (Å²) in [5, 5.41) is 12.7. The zero-order chi connectivity index (χ0) is 17.1. The number of hydrogen-bond donors (Lipinski definition) is 2. The number of anilines is 2. The van der Waals surface area contributed by atoms with Crippen molar-refractivity contribution in [1.29, 1.82) is 0 Å². The first-order chi connectivity index (χ1) is 11.6. The molecule has 1 unspecified atom stereocenters. The maximum absolute atomic E-state index is 12.3. The molecule has 2 aromatic carbocycles. The number of carbonyl (C=O) groups is 1. The van der Waals surface area contributed by atoms with Crippen LogP contribution in [-0.4, -0.2) is 31.2 Å². The lowest BCUT2D eigenvalue weighted by molar-refractivity contribution is 0.102. The van der Waals surface area contributed by atoms with Crippen LogP contribution in [0.5, 0.6) is 11.5 Å². The van der Waals surface area contributed by atoms with Crippen molar-refractivity contribution in [3.8, 4) is 11.5 Å². The van der Waals surface area contributed by atoms with Crippen molar-refractivity contribution in [2.45, 2.75) is 13.3 Å². The molecule has 5 nitrogen and oxygen atoms in total. The second-order valence-electron chi connectivity index (χ2n) is 6.22. The van der Waals surface area contributed by atoms with Crippen molar-refractivity contribution in [2.24, 2.45) is 5.92 Å². The van der Waals surface area contributed by atoms with Gasteiger partial charge in [-0.3, -0.25) is 4.79 Å². The fourth-order valence-corrected chi connectivity index (χ4v) is 2.95. The third kappa shape index (κ3) is 3.45. The molecule has 1 aliphatic heterocycles. The molecule has 0 bridgehead atoms. The van der Waals surface area contributed by atoms with Gasteiger partial charge in [-0.15, -0.1) is 0 Å². The Balaban J connectivity index is 1.68. The second kappa shape index (κ2) is 6.83. The zero-order valence-corrected chi connectivity index (χ0v) is 14.0. The van der Waals surface area contributed by atoms with Crippen LogP contribution in [0.15, 0.2) is 42.5 Å². The molecule has 1 saturated heterocycles. The predicted octanol–water partition coefficient (Wildman–Crippen LogP) is 3.50. The minimum Gasteiger partial charge on any atom is -0.507 e. The maximum Gasteiger partial charge on any atom is 0.259 e. The highest BCUT2D eigenvalue weighted by Gasteiger charge is 2.19. The number of benzene rings is 2. The lowest BCUT2D eigenvalue weighted by Gasteiger charge is -2.18. The highest BCUT2D eigenvalue weighted by Crippen LogP contribution is 2.26. The number of amides is 1. The Kier molecular flexibility index (Phi) is 4.60. The Bertz CT molecular complexity index is 728. The summed E-state index contributed by atoms with van der Waals surface area (Å²) < 4.78 is 5.02. The summed E-state index contributed by atoms with van der Waals surface area (Å²) in [4.78, 5) is 14.6. The number of methoxy groups -OCH3 is 1. The molecular weight excluding hydrogens is 304 g/mol. The predicted molar refractivity (Wildman–Crippen MR) is 95.0 cm³/mol. The summed E-state index contributed by atoms with van der Waals surface area (Å²) in [5.74, 6) is 0.780. The monoisotopic (exact) mass is 326 g/mol. The number of ether oxygens (including phenoxy) is 1. The van der Waals surface area contributed by atoms with E-state index in [0.717, 1.165) is 19.0 Å². The quantitative estimate of drug-likeness (QED) is 0.903. The molecule has 126 valence electrons. The minimum atomic E-state index is -0.349. The highest BCUT2D eigenvalue weighted by atomic mass is 16.5. The van der Waals surface area contributed by atoms with Crippen LogP contribution >= 0.6 is 0 Å². The van der Waals surface area contributed by atoms with Crippen LogP contribution in [-0.2, 0) is 0 Å². The molecule has 1 heterocycles. The number of phenolic OH excluding ortho intramolecular Hbond substituents is 1. The molecule has 1 atom stereocenters. The smallest absolute Gasteiger partial charge is 0.259 e. The molecular formula is C19H22N2O3. The number of nitrogens with one attached hydrogen (secondary N) is 1. The van der Waals surface area contributed by atoms with Crippen LogP contribution in [0.3, 0.4) is 0 Å². The molecule has 0 aliphatic carbocycles. The van der Waals surface area contributed by atoms with Crippen molar-refractivity contribution >= 4 is 17.3 Å². The van der Waals surface area contributed by atoms with Crippen molar-refractivity contribution in [1.82, 2.24) is 0 Å². The average Bonchev–Trinajstić information content (AvgIpc) is 3.01. The average molecular weight is 326 g/mol. The molecule has 2 aromatic rings. The molecule has 1 aliphatic rings. The number of hydrogen-bond acceptors (Lipinski definition) is 4. The van der Waals surface area contributed by atoms with Gasteiger partial charge in [-0.25, -0.2) is 0 Å². The van der Waals surface area contributed by atoms with Gasteiger partial charge in [0.1, 0.15) is 11.5 Å². The van der Waals surface area contributed by atoms with Gasteiger partial charge in [-0.05, 0) is 48.7 Å². The molecule has 5 heteroatoms. The number of rotatable bonds is 4. The minimum absolute atomic E-state index is 0.102. The van der Waals surface area contributed by atoms with E-state index in [1.165, 1.54) is 25.3 Å². The van der Waals surface area contributed by atoms with Gasteiger partial charge < -0.3 is 20.1 Å². The Morgan fingerprint density at radius 2 is 2.00 bits per heavy atom. The van der Waals surface area contributed by atoms with Crippen LogP contribution in [0.4, 0.5) is 11.4 Å². The number of aromatic hydroxyl groups is 1. The van der Waals surface area contributed by atoms with Crippen molar-refractivity contribution in [3.63, 3.8) is 0 Å². The summed E-state index contributed by atoms with van der Waals surface area (Å²) in [6.07, 6.45) is 1.22. The van der Waals surface area contributed by atoms with Gasteiger partial charge in [-0.1, -0.05) is 6.92 Å². The van der Waals surface area contributed by atoms with Gasteiger partial charge in [0.2, 0.25) is 0 Å². The normalized spacial score (nSPS) is 16.9. The van der Waals surface area contributed by atoms with Crippen molar-refractivity contribution in [2.75, 3.05) is 30.4 Å². The number of carbonyl (C=O) groups excluding carboxylic acids is 1. The van der Waals surface area contributed by atoms with Gasteiger partial charge >= 0.3 is 0 Å². The lowest BCUT2D eigenvalue weighted by atomic mass is 10.1. The first-order valence-electron chi connectivity index (χ1n) is 8.10. The maximum atomic E-state index is 12.3. The first kappa shape index (κ1) is 16.2.